The van der Waals surface area contributed by atoms with Crippen LogP contribution in [0, 0.1) is 17.8 Å². The smallest absolute Gasteiger partial charge is 0.328 e. The van der Waals surface area contributed by atoms with E-state index >= 15 is 0 Å². The van der Waals surface area contributed by atoms with Gasteiger partial charge in [0.05, 0.1) is 0 Å². The summed E-state index contributed by atoms with van der Waals surface area (Å²) in [5.74, 6) is -2.94. The number of carbonyl (C=O) groups excluding carboxylic acids is 4. The summed E-state index contributed by atoms with van der Waals surface area (Å²) in [6, 6.07) is 1.46. The Bertz CT molecular complexity index is 1100. The largest absolute Gasteiger partial charge is 0.480 e. The minimum atomic E-state index is -1.20. The molecule has 0 bridgehead atoms. The number of carboxylic acids is 1. The van der Waals surface area contributed by atoms with Crippen molar-refractivity contribution in [2.24, 2.45) is 23.5 Å². The quantitative estimate of drug-likeness (QED) is 0.125. The summed E-state index contributed by atoms with van der Waals surface area (Å²) in [5.41, 5.74) is 6.86. The van der Waals surface area contributed by atoms with Crippen molar-refractivity contribution in [1.29, 1.82) is 0 Å². The number of urea groups is 1. The van der Waals surface area contributed by atoms with Gasteiger partial charge in [-0.25, -0.2) is 14.4 Å². The number of ether oxygens (including phenoxy) is 1. The Labute approximate surface area is 248 Å². The average molecular weight is 590 g/mol. The Kier molecular flexibility index (Phi) is 14.7. The molecule has 0 saturated heterocycles. The van der Waals surface area contributed by atoms with Crippen LogP contribution < -0.4 is 31.7 Å². The second-order valence-electron chi connectivity index (χ2n) is 11.4. The summed E-state index contributed by atoms with van der Waals surface area (Å²) < 4.78 is 5.33. The molecule has 42 heavy (non-hydrogen) atoms. The number of nitrogens with two attached hydrogens (primary N) is 1. The fourth-order valence-electron chi connectivity index (χ4n) is 3.89. The normalized spacial score (nSPS) is 14.6. The lowest BCUT2D eigenvalue weighted by Crippen LogP contribution is -2.58. The van der Waals surface area contributed by atoms with Gasteiger partial charge < -0.3 is 36.8 Å². The monoisotopic (exact) mass is 589 g/mol. The molecule has 5 atom stereocenters. The predicted molar refractivity (Wildman–Crippen MR) is 159 cm³/mol. The Hall–Kier alpha value is -3.93. The van der Waals surface area contributed by atoms with Crippen LogP contribution >= 0.6 is 0 Å². The molecule has 4 amide bonds. The molecular formula is C30H47N5O7. The molecule has 1 rings (SSSR count). The highest BCUT2D eigenvalue weighted by atomic mass is 16.5. The molecule has 0 fully saturated rings. The van der Waals surface area contributed by atoms with Crippen molar-refractivity contribution in [2.75, 3.05) is 0 Å². The summed E-state index contributed by atoms with van der Waals surface area (Å²) in [5, 5.41) is 19.9. The molecule has 0 spiro atoms. The van der Waals surface area contributed by atoms with Gasteiger partial charge in [0.25, 0.3) is 0 Å². The molecular weight excluding hydrogens is 542 g/mol. The fraction of sp³-hybridized carbons (Fsp3) is 0.567. The molecule has 1 aromatic rings. The van der Waals surface area contributed by atoms with Gasteiger partial charge in [0, 0.05) is 12.1 Å². The van der Waals surface area contributed by atoms with E-state index in [1.165, 1.54) is 0 Å². The lowest BCUT2D eigenvalue weighted by Gasteiger charge is -2.27. The highest BCUT2D eigenvalue weighted by Gasteiger charge is 2.31. The van der Waals surface area contributed by atoms with Gasteiger partial charge in [-0.1, -0.05) is 66.7 Å². The van der Waals surface area contributed by atoms with Crippen molar-refractivity contribution >= 4 is 29.8 Å². The van der Waals surface area contributed by atoms with E-state index in [-0.39, 0.29) is 36.3 Å². The van der Waals surface area contributed by atoms with Crippen LogP contribution in [-0.4, -0.2) is 59.1 Å². The molecule has 7 N–H and O–H groups in total. The van der Waals surface area contributed by atoms with Gasteiger partial charge in [-0.2, -0.15) is 0 Å². The third-order valence-corrected chi connectivity index (χ3v) is 6.63. The summed E-state index contributed by atoms with van der Waals surface area (Å²) >= 11 is 0. The molecule has 0 radical (unpaired) electrons. The van der Waals surface area contributed by atoms with Gasteiger partial charge in [-0.15, -0.1) is 0 Å². The zero-order chi connectivity index (χ0) is 32.1. The maximum Gasteiger partial charge on any atom is 0.328 e. The summed E-state index contributed by atoms with van der Waals surface area (Å²) in [4.78, 5) is 63.1. The third-order valence-electron chi connectivity index (χ3n) is 6.63. The zero-order valence-corrected chi connectivity index (χ0v) is 25.7. The Morgan fingerprint density at radius 2 is 1.50 bits per heavy atom. The van der Waals surface area contributed by atoms with E-state index in [1.807, 2.05) is 27.7 Å². The number of nitrogens with one attached hydrogen (secondary N) is 4. The first-order chi connectivity index (χ1) is 19.5. The first-order valence-electron chi connectivity index (χ1n) is 14.2. The average Bonchev–Trinajstić information content (AvgIpc) is 2.89. The van der Waals surface area contributed by atoms with E-state index in [1.54, 1.807) is 45.0 Å². The number of hydrogen-bond acceptors (Lipinski definition) is 7. The van der Waals surface area contributed by atoms with E-state index in [4.69, 9.17) is 10.5 Å². The Morgan fingerprint density at radius 1 is 0.929 bits per heavy atom. The van der Waals surface area contributed by atoms with Crippen LogP contribution in [0.1, 0.15) is 66.9 Å². The molecule has 0 aliphatic heterocycles. The van der Waals surface area contributed by atoms with Gasteiger partial charge in [0.15, 0.2) is 0 Å². The third kappa shape index (κ3) is 12.3. The van der Waals surface area contributed by atoms with Crippen molar-refractivity contribution in [1.82, 2.24) is 21.3 Å². The second-order valence-corrected chi connectivity index (χ2v) is 11.4. The van der Waals surface area contributed by atoms with Crippen LogP contribution in [0.15, 0.2) is 36.5 Å². The summed E-state index contributed by atoms with van der Waals surface area (Å²) in [6.45, 7) is 16.3. The molecule has 12 heteroatoms. The van der Waals surface area contributed by atoms with Gasteiger partial charge in [0.1, 0.15) is 29.9 Å². The topological polar surface area (TPSA) is 189 Å². The number of allylic oxidation sites excluding steroid dienone is 1. The van der Waals surface area contributed by atoms with E-state index in [0.29, 0.717) is 17.7 Å². The number of aliphatic carboxylic acids is 1. The number of hydrogen-bond donors (Lipinski definition) is 6. The number of benzene rings is 1. The number of carboxylic acid groups (broad SMARTS) is 1. The maximum absolute atomic E-state index is 13.5. The van der Waals surface area contributed by atoms with Gasteiger partial charge in [-0.05, 0) is 48.8 Å². The van der Waals surface area contributed by atoms with E-state index in [2.05, 4.69) is 27.8 Å². The van der Waals surface area contributed by atoms with Gasteiger partial charge >= 0.3 is 18.0 Å². The standard InChI is InChI=1S/C30H47N5O7/c1-9-19(8)25(27(37)32-18(6)7)35-26(36)22(33-30(41)34-23(28(38)39)14-16(2)3)15-20-10-12-21(13-11-20)42-29(40)24(31)17(4)5/h10-13,16-17,19,22-25H,6,9,14-15,31H2,1-5,7-8H3,(H,32,37)(H,35,36)(H,38,39)(H2,33,34,41). The predicted octanol–water partition coefficient (Wildman–Crippen LogP) is 2.47. The fourth-order valence-corrected chi connectivity index (χ4v) is 3.89. The van der Waals surface area contributed by atoms with Crippen LogP contribution in [0.3, 0.4) is 0 Å². The van der Waals surface area contributed by atoms with Crippen molar-refractivity contribution in [3.8, 4) is 5.75 Å². The Morgan fingerprint density at radius 3 is 1.98 bits per heavy atom. The molecule has 0 heterocycles. The van der Waals surface area contributed by atoms with Crippen molar-refractivity contribution in [3.63, 3.8) is 0 Å². The Balaban J connectivity index is 3.22. The zero-order valence-electron chi connectivity index (χ0n) is 25.7. The number of carbonyl (C=O) groups is 5. The maximum atomic E-state index is 13.5. The summed E-state index contributed by atoms with van der Waals surface area (Å²) in [7, 11) is 0. The van der Waals surface area contributed by atoms with Crippen molar-refractivity contribution in [3.05, 3.63) is 42.1 Å². The molecule has 234 valence electrons. The highest BCUT2D eigenvalue weighted by molar-refractivity contribution is 5.93. The molecule has 0 aliphatic rings. The minimum Gasteiger partial charge on any atom is -0.480 e. The van der Waals surface area contributed by atoms with Crippen LogP contribution in [0.25, 0.3) is 0 Å². The molecule has 0 aliphatic carbocycles. The van der Waals surface area contributed by atoms with E-state index < -0.39 is 54.0 Å². The molecule has 0 saturated carbocycles. The van der Waals surface area contributed by atoms with Gasteiger partial charge in [-0.3, -0.25) is 9.59 Å². The molecule has 1 aromatic carbocycles. The minimum absolute atomic E-state index is 0.00341. The van der Waals surface area contributed by atoms with Crippen LogP contribution in [0.5, 0.6) is 5.75 Å². The van der Waals surface area contributed by atoms with Crippen LogP contribution in [0.4, 0.5) is 4.79 Å². The van der Waals surface area contributed by atoms with E-state index in [9.17, 15) is 29.1 Å². The van der Waals surface area contributed by atoms with Crippen molar-refractivity contribution in [2.45, 2.75) is 91.9 Å². The first-order valence-corrected chi connectivity index (χ1v) is 14.2. The number of amides is 4. The lowest BCUT2D eigenvalue weighted by molar-refractivity contribution is -0.139. The van der Waals surface area contributed by atoms with Crippen molar-refractivity contribution < 1.29 is 33.8 Å². The lowest BCUT2D eigenvalue weighted by atomic mass is 9.97. The first kappa shape index (κ1) is 36.1. The second kappa shape index (κ2) is 17.1. The SMILES string of the molecule is C=C(C)NC(=O)C(NC(=O)C(Cc1ccc(OC(=O)C(N)C(C)C)cc1)NC(=O)NC(CC(C)C)C(=O)O)C(C)CC. The number of rotatable bonds is 16. The molecule has 5 unspecified atom stereocenters. The van der Waals surface area contributed by atoms with E-state index in [0.717, 1.165) is 0 Å². The number of esters is 1. The highest BCUT2D eigenvalue weighted by Crippen LogP contribution is 2.16. The van der Waals surface area contributed by atoms with Crippen LogP contribution in [0.2, 0.25) is 0 Å². The van der Waals surface area contributed by atoms with Crippen LogP contribution in [-0.2, 0) is 25.6 Å². The summed E-state index contributed by atoms with van der Waals surface area (Å²) in [6.07, 6.45) is 0.775. The molecule has 12 nitrogen and oxygen atoms in total. The molecule has 0 aromatic heterocycles. The van der Waals surface area contributed by atoms with Gasteiger partial charge in [0.2, 0.25) is 11.8 Å².